The fraction of sp³-hybridized carbons (Fsp3) is 1.00. The summed E-state index contributed by atoms with van der Waals surface area (Å²) in [5, 5.41) is 163. The first kappa shape index (κ1) is 81.6. The van der Waals surface area contributed by atoms with Crippen LogP contribution in [0.2, 0.25) is 0 Å². The van der Waals surface area contributed by atoms with E-state index in [4.69, 9.17) is 56.8 Å². The summed E-state index contributed by atoms with van der Waals surface area (Å²) in [7, 11) is 0. The van der Waals surface area contributed by atoms with Gasteiger partial charge in [0.2, 0.25) is 0 Å². The van der Waals surface area contributed by atoms with Crippen molar-refractivity contribution >= 4 is 0 Å². The Morgan fingerprint density at radius 1 is 0.196 bits per heavy atom. The summed E-state index contributed by atoms with van der Waals surface area (Å²) in [6, 6.07) is 0. The van der Waals surface area contributed by atoms with E-state index in [2.05, 4.69) is 0 Å². The van der Waals surface area contributed by atoms with Gasteiger partial charge in [-0.2, -0.15) is 0 Å². The van der Waals surface area contributed by atoms with Crippen molar-refractivity contribution in [2.75, 3.05) is 0 Å². The molecule has 28 heteroatoms. The highest BCUT2D eigenvalue weighted by molar-refractivity contribution is 4.98. The maximum atomic E-state index is 10.3. The Bertz CT molecular complexity index is 1900. The van der Waals surface area contributed by atoms with Crippen LogP contribution < -0.4 is 0 Å². The lowest BCUT2D eigenvalue weighted by atomic mass is 9.89. The molecule has 28 nitrogen and oxygen atoms in total. The minimum atomic E-state index is -1.21. The number of hydrogen-bond donors (Lipinski definition) is 16. The van der Waals surface area contributed by atoms with Crippen molar-refractivity contribution in [3.05, 3.63) is 0 Å². The zero-order valence-corrected chi connectivity index (χ0v) is 56.8. The van der Waals surface area contributed by atoms with Gasteiger partial charge in [0.1, 0.15) is 97.7 Å². The molecule has 544 valence electrons. The van der Waals surface area contributed by atoms with Gasteiger partial charge in [0, 0.05) is 23.7 Å². The molecule has 16 N–H and O–H groups in total. The molecule has 8 rings (SSSR count). The third-order valence-electron chi connectivity index (χ3n) is 20.3. The first-order chi connectivity index (χ1) is 43.2. The molecule has 8 aliphatic rings. The van der Waals surface area contributed by atoms with Gasteiger partial charge < -0.3 is 139 Å². The first-order valence-electron chi connectivity index (χ1n) is 34.0. The van der Waals surface area contributed by atoms with Gasteiger partial charge >= 0.3 is 0 Å². The van der Waals surface area contributed by atoms with E-state index in [0.717, 1.165) is 0 Å². The second-order valence-electron chi connectivity index (χ2n) is 26.6. The predicted octanol–water partition coefficient (Wildman–Crippen LogP) is -0.866. The Balaban J connectivity index is 0.000000223. The van der Waals surface area contributed by atoms with Crippen molar-refractivity contribution in [2.45, 2.75) is 383 Å². The van der Waals surface area contributed by atoms with E-state index in [0.29, 0.717) is 51.4 Å². The molecule has 8 aliphatic heterocycles. The fourth-order valence-corrected chi connectivity index (χ4v) is 13.7. The van der Waals surface area contributed by atoms with Crippen molar-refractivity contribution < 1.29 is 139 Å². The van der Waals surface area contributed by atoms with Crippen LogP contribution >= 0.6 is 0 Å². The Kier molecular flexibility index (Phi) is 32.6. The highest BCUT2D eigenvalue weighted by atomic mass is 16.7. The quantitative estimate of drug-likeness (QED) is 0.0893. The van der Waals surface area contributed by atoms with Crippen molar-refractivity contribution in [2.24, 2.45) is 23.7 Å². The second-order valence-corrected chi connectivity index (χ2v) is 26.6. The van der Waals surface area contributed by atoms with E-state index in [1.807, 2.05) is 83.1 Å². The number of aliphatic hydroxyl groups is 16. The Hall–Kier alpha value is -1.12. The lowest BCUT2D eigenvalue weighted by molar-refractivity contribution is -0.330. The molecule has 0 amide bonds. The molecule has 92 heavy (non-hydrogen) atoms. The van der Waals surface area contributed by atoms with Gasteiger partial charge in [0.15, 0.2) is 25.2 Å². The third-order valence-corrected chi connectivity index (χ3v) is 20.3. The zero-order chi connectivity index (χ0) is 69.2. The monoisotopic (exact) mass is 1340 g/mol. The highest BCUT2D eigenvalue weighted by Gasteiger charge is 2.53. The van der Waals surface area contributed by atoms with E-state index in [9.17, 15) is 81.7 Å². The van der Waals surface area contributed by atoms with E-state index in [1.54, 1.807) is 27.7 Å². The molecule has 8 fully saturated rings. The van der Waals surface area contributed by atoms with Crippen molar-refractivity contribution in [3.63, 3.8) is 0 Å². The highest BCUT2D eigenvalue weighted by Crippen LogP contribution is 2.38. The molecular formula is C64H120O28. The van der Waals surface area contributed by atoms with Gasteiger partial charge in [-0.05, 0) is 79.1 Å². The van der Waals surface area contributed by atoms with Gasteiger partial charge in [-0.1, -0.05) is 83.1 Å². The summed E-state index contributed by atoms with van der Waals surface area (Å²) in [5.41, 5.74) is 0. The molecule has 0 aromatic rings. The maximum Gasteiger partial charge on any atom is 0.186 e. The topological polar surface area (TPSA) is 434 Å². The van der Waals surface area contributed by atoms with E-state index < -0.39 is 196 Å². The normalized spacial score (nSPS) is 51.7. The lowest BCUT2D eigenvalue weighted by Crippen LogP contribution is -2.61. The molecule has 0 saturated carbocycles. The summed E-state index contributed by atoms with van der Waals surface area (Å²) >= 11 is 0. The number of aliphatic hydroxyl groups excluding tert-OH is 16. The molecule has 8 heterocycles. The molecular weight excluding hydrogens is 1220 g/mol. The minimum Gasteiger partial charge on any atom is -0.390 e. The third kappa shape index (κ3) is 18.8. The van der Waals surface area contributed by atoms with E-state index >= 15 is 0 Å². The van der Waals surface area contributed by atoms with Crippen LogP contribution in [0.4, 0.5) is 0 Å². The van der Waals surface area contributed by atoms with Crippen LogP contribution in [0.15, 0.2) is 0 Å². The lowest BCUT2D eigenvalue weighted by Gasteiger charge is -2.46. The van der Waals surface area contributed by atoms with Crippen LogP contribution in [0.5, 0.6) is 0 Å². The van der Waals surface area contributed by atoms with Gasteiger partial charge in [-0.25, -0.2) is 0 Å². The van der Waals surface area contributed by atoms with Gasteiger partial charge in [-0.3, -0.25) is 0 Å². The minimum absolute atomic E-state index is 0.213. The SMILES string of the molecule is CCC1OC(C)C(O)[C@@H](O)[C@@H]1O[C@@H]1OC(CC)[C@H](C)[C@H](O)C1O.CCC1O[C@@H](OC2C(C)OC(CC)[C@@H](O)[C@@H]2O)C(O)[C@@H](O)[C@@H]1C.CCC1O[C@@H](O[C@@H]2C(CC)OC(C)C(O)[C@H]2O)C(O)[C@@H](O)[C@@H]1C.CCC1O[C@@H](O[C@@H]2C(CC)OC(C)C(O)[C@H]2O)C(O)[C@@H](O)[C@@H]1C. The molecule has 20 unspecified atom stereocenters. The first-order valence-corrected chi connectivity index (χ1v) is 34.0. The van der Waals surface area contributed by atoms with Crippen molar-refractivity contribution in [1.29, 1.82) is 0 Å². The van der Waals surface area contributed by atoms with Gasteiger partial charge in [0.25, 0.3) is 0 Å². The molecule has 0 bridgehead atoms. The van der Waals surface area contributed by atoms with Gasteiger partial charge in [-0.15, -0.1) is 0 Å². The van der Waals surface area contributed by atoms with Crippen LogP contribution in [0.3, 0.4) is 0 Å². The van der Waals surface area contributed by atoms with Crippen molar-refractivity contribution in [1.82, 2.24) is 0 Å². The summed E-state index contributed by atoms with van der Waals surface area (Å²) in [5.74, 6) is -0.852. The smallest absolute Gasteiger partial charge is 0.186 e. The molecule has 0 aromatic heterocycles. The molecule has 0 aliphatic carbocycles. The number of rotatable bonds is 16. The van der Waals surface area contributed by atoms with Crippen LogP contribution in [0.25, 0.3) is 0 Å². The Labute approximate surface area is 543 Å². The fourth-order valence-electron chi connectivity index (χ4n) is 13.7. The molecule has 0 aromatic carbocycles. The predicted molar refractivity (Wildman–Crippen MR) is 327 cm³/mol. The number of hydrogen-bond acceptors (Lipinski definition) is 28. The van der Waals surface area contributed by atoms with Crippen molar-refractivity contribution in [3.8, 4) is 0 Å². The summed E-state index contributed by atoms with van der Waals surface area (Å²) in [6.07, 6.45) is -24.8. The summed E-state index contributed by atoms with van der Waals surface area (Å²) in [6.45, 7) is 29.3. The molecule has 8 saturated heterocycles. The Morgan fingerprint density at radius 3 is 0.609 bits per heavy atom. The van der Waals surface area contributed by atoms with Crippen LogP contribution in [-0.2, 0) is 56.8 Å². The van der Waals surface area contributed by atoms with Crippen LogP contribution in [-0.4, -0.2) is 302 Å². The maximum absolute atomic E-state index is 10.3. The molecule has 0 spiro atoms. The van der Waals surface area contributed by atoms with Crippen LogP contribution in [0, 0.1) is 23.7 Å². The second kappa shape index (κ2) is 36.8. The summed E-state index contributed by atoms with van der Waals surface area (Å²) < 4.78 is 68.7. The Morgan fingerprint density at radius 2 is 0.391 bits per heavy atom. The van der Waals surface area contributed by atoms with Crippen LogP contribution in [0.1, 0.15) is 162 Å². The number of ether oxygens (including phenoxy) is 12. The van der Waals surface area contributed by atoms with E-state index in [-0.39, 0.29) is 48.1 Å². The standard InChI is InChI=1S/4C16H30O7/c1-5-9-7(3)11(17)14(20)16(22-9)23-15-8(4)21-10(6-2)12(18)13(15)19;3*1-5-9-7(3)11(17)14(20)16(22-9)23-15-10(6-2)21-8(4)12(18)13(15)19/h4*7-20H,5-6H2,1-4H3/t7-,8?,9?,10?,11+,12-,13+,14?,15?,16+;2*7-,8?,9?,10?,11+,12?,13-,14?,15-,16+;7-,8?,9?,10?,11-,12?,13+,14?,15+,16-/m1110/s1. The van der Waals surface area contributed by atoms with E-state index in [1.165, 1.54) is 0 Å². The molecule has 0 radical (unpaired) electrons. The molecule has 40 atom stereocenters. The largest absolute Gasteiger partial charge is 0.390 e. The average Bonchev–Trinajstić information content (AvgIpc) is 0.872. The summed E-state index contributed by atoms with van der Waals surface area (Å²) in [4.78, 5) is 0. The average molecular weight is 1340 g/mol. The van der Waals surface area contributed by atoms with Gasteiger partial charge in [0.05, 0.1) is 97.7 Å². The zero-order valence-electron chi connectivity index (χ0n) is 56.8.